The lowest BCUT2D eigenvalue weighted by molar-refractivity contribution is -0.138. The predicted molar refractivity (Wildman–Crippen MR) is 103 cm³/mol. The molecule has 2 rings (SSSR count). The maximum absolute atomic E-state index is 12.6. The summed E-state index contributed by atoms with van der Waals surface area (Å²) in [5, 5.41) is 6.20. The molecule has 0 aromatic heterocycles. The Kier molecular flexibility index (Phi) is 6.27. The van der Waals surface area contributed by atoms with Crippen LogP contribution in [0.4, 0.5) is 5.69 Å². The average molecular weight is 375 g/mol. The Morgan fingerprint density at radius 1 is 1.08 bits per heavy atom. The second kappa shape index (κ2) is 8.23. The Morgan fingerprint density at radius 2 is 1.73 bits per heavy atom. The molecule has 0 unspecified atom stereocenters. The van der Waals surface area contributed by atoms with Crippen molar-refractivity contribution in [1.82, 2.24) is 5.32 Å². The monoisotopic (exact) mass is 374 g/mol. The summed E-state index contributed by atoms with van der Waals surface area (Å²) in [6.07, 6.45) is 0. The lowest BCUT2D eigenvalue weighted by atomic mass is 9.90. The van der Waals surface area contributed by atoms with Gasteiger partial charge in [0.05, 0.1) is 7.11 Å². The topological polar surface area (TPSA) is 67.4 Å². The molecule has 138 valence electrons. The highest BCUT2D eigenvalue weighted by Gasteiger charge is 2.36. The summed E-state index contributed by atoms with van der Waals surface area (Å²) in [7, 11) is 1.60. The Labute approximate surface area is 158 Å². The molecular weight excluding hydrogens is 352 g/mol. The zero-order valence-corrected chi connectivity index (χ0v) is 16.1. The van der Waals surface area contributed by atoms with Gasteiger partial charge in [-0.15, -0.1) is 0 Å². The number of rotatable bonds is 6. The molecule has 0 fully saturated rings. The SMILES string of the molecule is COc1ccc(CNC(=O)C(C)(C)C(=O)Nc2ccc(Cl)cc2C)cc1. The first-order valence-corrected chi connectivity index (χ1v) is 8.60. The van der Waals surface area contributed by atoms with Crippen molar-refractivity contribution in [2.24, 2.45) is 5.41 Å². The number of hydrogen-bond acceptors (Lipinski definition) is 3. The lowest BCUT2D eigenvalue weighted by Crippen LogP contribution is -2.44. The zero-order chi connectivity index (χ0) is 19.3. The first-order valence-electron chi connectivity index (χ1n) is 8.23. The van der Waals surface area contributed by atoms with Gasteiger partial charge >= 0.3 is 0 Å². The van der Waals surface area contributed by atoms with Gasteiger partial charge in [0.25, 0.3) is 0 Å². The molecule has 0 aliphatic heterocycles. The fourth-order valence-corrected chi connectivity index (χ4v) is 2.52. The number of aryl methyl sites for hydroxylation is 1. The first-order chi connectivity index (χ1) is 12.2. The molecule has 0 heterocycles. The molecule has 0 bridgehead atoms. The summed E-state index contributed by atoms with van der Waals surface area (Å²) < 4.78 is 5.11. The van der Waals surface area contributed by atoms with Crippen LogP contribution in [0.2, 0.25) is 5.02 Å². The van der Waals surface area contributed by atoms with E-state index in [-0.39, 0.29) is 11.8 Å². The van der Waals surface area contributed by atoms with Crippen molar-refractivity contribution in [1.29, 1.82) is 0 Å². The van der Waals surface area contributed by atoms with Crippen molar-refractivity contribution in [2.45, 2.75) is 27.3 Å². The minimum absolute atomic E-state index is 0.333. The van der Waals surface area contributed by atoms with E-state index in [9.17, 15) is 9.59 Å². The van der Waals surface area contributed by atoms with Gasteiger partial charge in [0.15, 0.2) is 0 Å². The van der Waals surface area contributed by atoms with E-state index in [1.165, 1.54) is 0 Å². The molecule has 2 N–H and O–H groups in total. The van der Waals surface area contributed by atoms with Gasteiger partial charge in [-0.1, -0.05) is 23.7 Å². The van der Waals surface area contributed by atoms with E-state index >= 15 is 0 Å². The molecule has 0 atom stereocenters. The highest BCUT2D eigenvalue weighted by molar-refractivity contribution is 6.30. The van der Waals surface area contributed by atoms with Crippen molar-refractivity contribution in [2.75, 3.05) is 12.4 Å². The van der Waals surface area contributed by atoms with Crippen LogP contribution in [0.5, 0.6) is 5.75 Å². The molecule has 0 spiro atoms. The first kappa shape index (κ1) is 19.8. The third-order valence-electron chi connectivity index (χ3n) is 4.18. The van der Waals surface area contributed by atoms with Gasteiger partial charge in [-0.3, -0.25) is 9.59 Å². The summed E-state index contributed by atoms with van der Waals surface area (Å²) in [5.74, 6) is 0.0192. The minimum atomic E-state index is -1.22. The van der Waals surface area contributed by atoms with Crippen molar-refractivity contribution in [3.8, 4) is 5.75 Å². The fraction of sp³-hybridized carbons (Fsp3) is 0.300. The number of carbonyl (C=O) groups is 2. The summed E-state index contributed by atoms with van der Waals surface area (Å²) >= 11 is 5.93. The van der Waals surface area contributed by atoms with Crippen LogP contribution >= 0.6 is 11.6 Å². The average Bonchev–Trinajstić information content (AvgIpc) is 2.62. The van der Waals surface area contributed by atoms with Crippen LogP contribution in [0.15, 0.2) is 42.5 Å². The van der Waals surface area contributed by atoms with E-state index in [4.69, 9.17) is 16.3 Å². The van der Waals surface area contributed by atoms with E-state index in [1.54, 1.807) is 39.2 Å². The molecular formula is C20H23ClN2O3. The molecule has 26 heavy (non-hydrogen) atoms. The molecule has 2 aromatic rings. The summed E-state index contributed by atoms with van der Waals surface area (Å²) in [5.41, 5.74) is 1.16. The number of amides is 2. The van der Waals surface area contributed by atoms with Crippen LogP contribution in [0.1, 0.15) is 25.0 Å². The number of nitrogens with one attached hydrogen (secondary N) is 2. The molecule has 6 heteroatoms. The molecule has 5 nitrogen and oxygen atoms in total. The van der Waals surface area contributed by atoms with E-state index in [0.29, 0.717) is 17.3 Å². The van der Waals surface area contributed by atoms with Crippen molar-refractivity contribution < 1.29 is 14.3 Å². The second-order valence-corrected chi connectivity index (χ2v) is 7.01. The maximum atomic E-state index is 12.6. The number of anilines is 1. The van der Waals surface area contributed by atoms with Crippen LogP contribution in [-0.4, -0.2) is 18.9 Å². The minimum Gasteiger partial charge on any atom is -0.497 e. The van der Waals surface area contributed by atoms with Gasteiger partial charge in [0.1, 0.15) is 11.2 Å². The normalized spacial score (nSPS) is 11.0. The smallest absolute Gasteiger partial charge is 0.239 e. The molecule has 0 aliphatic rings. The third kappa shape index (κ3) is 4.76. The van der Waals surface area contributed by atoms with E-state index < -0.39 is 5.41 Å². The molecule has 0 saturated carbocycles. The van der Waals surface area contributed by atoms with Crippen molar-refractivity contribution in [3.63, 3.8) is 0 Å². The quantitative estimate of drug-likeness (QED) is 0.752. The highest BCUT2D eigenvalue weighted by atomic mass is 35.5. The molecule has 0 radical (unpaired) electrons. The summed E-state index contributed by atoms with van der Waals surface area (Å²) in [6.45, 7) is 5.37. The van der Waals surface area contributed by atoms with Gasteiger partial charge < -0.3 is 15.4 Å². The second-order valence-electron chi connectivity index (χ2n) is 6.57. The van der Waals surface area contributed by atoms with E-state index in [1.807, 2.05) is 31.2 Å². The number of benzene rings is 2. The van der Waals surface area contributed by atoms with Crippen LogP contribution < -0.4 is 15.4 Å². The van der Waals surface area contributed by atoms with Crippen LogP contribution in [0.3, 0.4) is 0 Å². The Balaban J connectivity index is 1.99. The molecule has 2 aromatic carbocycles. The van der Waals surface area contributed by atoms with Gasteiger partial charge in [0, 0.05) is 17.3 Å². The van der Waals surface area contributed by atoms with Crippen molar-refractivity contribution in [3.05, 3.63) is 58.6 Å². The number of ether oxygens (including phenoxy) is 1. The molecule has 0 aliphatic carbocycles. The van der Waals surface area contributed by atoms with Gasteiger partial charge in [0.2, 0.25) is 11.8 Å². The van der Waals surface area contributed by atoms with Gasteiger partial charge in [-0.25, -0.2) is 0 Å². The van der Waals surface area contributed by atoms with Crippen molar-refractivity contribution >= 4 is 29.1 Å². The number of methoxy groups -OCH3 is 1. The highest BCUT2D eigenvalue weighted by Crippen LogP contribution is 2.23. The number of halogens is 1. The maximum Gasteiger partial charge on any atom is 0.239 e. The summed E-state index contributed by atoms with van der Waals surface area (Å²) in [6, 6.07) is 12.5. The van der Waals surface area contributed by atoms with E-state index in [0.717, 1.165) is 16.9 Å². The fourth-order valence-electron chi connectivity index (χ4n) is 2.30. The summed E-state index contributed by atoms with van der Waals surface area (Å²) in [4.78, 5) is 25.1. The van der Waals surface area contributed by atoms with Crippen LogP contribution in [0, 0.1) is 12.3 Å². The number of carbonyl (C=O) groups excluding carboxylic acids is 2. The zero-order valence-electron chi connectivity index (χ0n) is 15.4. The molecule has 2 amide bonds. The van der Waals surface area contributed by atoms with Gasteiger partial charge in [-0.2, -0.15) is 0 Å². The lowest BCUT2D eigenvalue weighted by Gasteiger charge is -2.23. The Bertz CT molecular complexity index is 801. The number of hydrogen-bond donors (Lipinski definition) is 2. The van der Waals surface area contributed by atoms with Gasteiger partial charge in [-0.05, 0) is 62.2 Å². The Hall–Kier alpha value is -2.53. The van der Waals surface area contributed by atoms with Crippen LogP contribution in [0.25, 0.3) is 0 Å². The Morgan fingerprint density at radius 3 is 2.31 bits per heavy atom. The standard InChI is InChI=1S/C20H23ClN2O3/c1-13-11-15(21)7-10-17(13)23-19(25)20(2,3)18(24)22-12-14-5-8-16(26-4)9-6-14/h5-11H,12H2,1-4H3,(H,22,24)(H,23,25). The molecule has 0 saturated heterocycles. The van der Waals surface area contributed by atoms with E-state index in [2.05, 4.69) is 10.6 Å². The third-order valence-corrected chi connectivity index (χ3v) is 4.42. The van der Waals surface area contributed by atoms with Crippen LogP contribution in [-0.2, 0) is 16.1 Å². The predicted octanol–water partition coefficient (Wildman–Crippen LogP) is 3.94. The largest absolute Gasteiger partial charge is 0.497 e.